The summed E-state index contributed by atoms with van der Waals surface area (Å²) in [5.41, 5.74) is 12.8. The molecule has 2 heterocycles. The van der Waals surface area contributed by atoms with E-state index in [2.05, 4.69) is 189 Å². The van der Waals surface area contributed by atoms with Gasteiger partial charge in [0.2, 0.25) is 0 Å². The van der Waals surface area contributed by atoms with E-state index in [0.29, 0.717) is 0 Å². The molecule has 0 aromatic heterocycles. The van der Waals surface area contributed by atoms with Crippen molar-refractivity contribution < 1.29 is 0 Å². The molecule has 2 aliphatic heterocycles. The molecule has 56 heavy (non-hydrogen) atoms. The van der Waals surface area contributed by atoms with E-state index in [1.807, 2.05) is 17.8 Å². The lowest BCUT2D eigenvalue weighted by Gasteiger charge is -2.40. The molecule has 0 saturated heterocycles. The van der Waals surface area contributed by atoms with E-state index in [-0.39, 0.29) is 6.17 Å². The Bertz CT molecular complexity index is 2910. The molecule has 0 bridgehead atoms. The normalized spacial score (nSPS) is 16.4. The maximum atomic E-state index is 5.34. The first-order valence-electron chi connectivity index (χ1n) is 19.3. The zero-order valence-corrected chi connectivity index (χ0v) is 31.9. The van der Waals surface area contributed by atoms with Gasteiger partial charge in [-0.25, -0.2) is 9.98 Å². The Morgan fingerprint density at radius 1 is 0.554 bits per heavy atom. The molecule has 3 aliphatic rings. The van der Waals surface area contributed by atoms with Crippen LogP contribution in [0.3, 0.4) is 0 Å². The summed E-state index contributed by atoms with van der Waals surface area (Å²) >= 11 is 1.93. The summed E-state index contributed by atoms with van der Waals surface area (Å²) in [5, 5.41) is 8.81. The number of hydrogen-bond donors (Lipinski definition) is 1. The van der Waals surface area contributed by atoms with Crippen molar-refractivity contribution in [3.63, 3.8) is 0 Å². The lowest BCUT2D eigenvalue weighted by molar-refractivity contribution is 0.728. The molecule has 1 aliphatic carbocycles. The number of aliphatic imine (C=N–C) groups is 2. The molecular weight excluding hydrogens is 699 g/mol. The van der Waals surface area contributed by atoms with Gasteiger partial charge in [-0.1, -0.05) is 182 Å². The standard InChI is InChI=1S/C52H37N3S/c1-3-32(2)33-21-23-37(24-22-33)50-53-49(36-15-5-4-6-16-36)54-51(55-50)38-25-28-42-41-19-11-12-20-43(41)52(46(42)31-38)44-29-26-34-13-7-9-17-39(34)47(44)56-48-40-18-10-8-14-35(40)27-30-45(48)52/h3-31,49H,1-2H3,(H,53,54,55)/b32-3+. The van der Waals surface area contributed by atoms with Crippen molar-refractivity contribution in [2.24, 2.45) is 9.98 Å². The summed E-state index contributed by atoms with van der Waals surface area (Å²) in [7, 11) is 0. The van der Waals surface area contributed by atoms with Crippen molar-refractivity contribution in [3.05, 3.63) is 220 Å². The number of hydrogen-bond acceptors (Lipinski definition) is 4. The second-order valence-electron chi connectivity index (χ2n) is 14.9. The van der Waals surface area contributed by atoms with Crippen LogP contribution in [0.2, 0.25) is 0 Å². The van der Waals surface area contributed by atoms with E-state index < -0.39 is 5.41 Å². The highest BCUT2D eigenvalue weighted by Crippen LogP contribution is 2.64. The molecule has 0 saturated carbocycles. The number of rotatable bonds is 4. The molecule has 8 aromatic carbocycles. The van der Waals surface area contributed by atoms with Crippen LogP contribution in [-0.2, 0) is 5.41 Å². The highest BCUT2D eigenvalue weighted by molar-refractivity contribution is 8.00. The van der Waals surface area contributed by atoms with Crippen LogP contribution in [0.4, 0.5) is 0 Å². The SMILES string of the molecule is C/C=C(\C)c1ccc(C2=NC(c3ccccc3)N=C(c3ccc4c(c3)C3(c5ccccc5-4)c4ccc5ccccc5c4Sc4c3ccc3ccccc43)N2)cc1. The quantitative estimate of drug-likeness (QED) is 0.195. The fourth-order valence-corrected chi connectivity index (χ4v) is 10.6. The Hall–Kier alpha value is -6.49. The number of fused-ring (bicyclic) bond motifs is 13. The lowest BCUT2D eigenvalue weighted by atomic mass is 9.66. The lowest BCUT2D eigenvalue weighted by Crippen LogP contribution is -2.36. The highest BCUT2D eigenvalue weighted by Gasteiger charge is 2.51. The topological polar surface area (TPSA) is 36.8 Å². The Labute approximate surface area is 331 Å². The molecule has 3 nitrogen and oxygen atoms in total. The molecule has 0 radical (unpaired) electrons. The minimum Gasteiger partial charge on any atom is -0.324 e. The molecule has 8 aromatic rings. The van der Waals surface area contributed by atoms with Crippen molar-refractivity contribution in [2.45, 2.75) is 35.2 Å². The molecule has 11 rings (SSSR count). The van der Waals surface area contributed by atoms with Crippen LogP contribution in [0, 0.1) is 0 Å². The van der Waals surface area contributed by atoms with Gasteiger partial charge in [0.25, 0.3) is 0 Å². The van der Waals surface area contributed by atoms with E-state index in [1.165, 1.54) is 75.9 Å². The van der Waals surface area contributed by atoms with Crippen molar-refractivity contribution in [2.75, 3.05) is 0 Å². The summed E-state index contributed by atoms with van der Waals surface area (Å²) in [5.74, 6) is 1.63. The van der Waals surface area contributed by atoms with E-state index in [0.717, 1.165) is 28.4 Å². The van der Waals surface area contributed by atoms with Gasteiger partial charge in [0.15, 0.2) is 6.17 Å². The maximum Gasteiger partial charge on any atom is 0.169 e. The van der Waals surface area contributed by atoms with E-state index in [9.17, 15) is 0 Å². The van der Waals surface area contributed by atoms with Gasteiger partial charge in [-0.2, -0.15) is 0 Å². The second-order valence-corrected chi connectivity index (χ2v) is 15.9. The molecule has 0 fully saturated rings. The minimum atomic E-state index is -0.544. The van der Waals surface area contributed by atoms with Gasteiger partial charge < -0.3 is 5.32 Å². The summed E-state index contributed by atoms with van der Waals surface area (Å²) in [6.07, 6.45) is 1.76. The second kappa shape index (κ2) is 12.8. The molecule has 0 amide bonds. The first kappa shape index (κ1) is 32.9. The van der Waals surface area contributed by atoms with E-state index in [4.69, 9.17) is 9.98 Å². The summed E-state index contributed by atoms with van der Waals surface area (Å²) < 4.78 is 0. The number of nitrogens with zero attached hydrogens (tertiary/aromatic N) is 2. The Morgan fingerprint density at radius 2 is 1.12 bits per heavy atom. The summed E-state index contributed by atoms with van der Waals surface area (Å²) in [6, 6.07) is 62.2. The molecule has 1 spiro atoms. The number of allylic oxidation sites excluding steroid dienone is 2. The highest BCUT2D eigenvalue weighted by atomic mass is 32.2. The van der Waals surface area contributed by atoms with Gasteiger partial charge >= 0.3 is 0 Å². The predicted octanol–water partition coefficient (Wildman–Crippen LogP) is 12.7. The third-order valence-electron chi connectivity index (χ3n) is 12.0. The monoisotopic (exact) mass is 735 g/mol. The van der Waals surface area contributed by atoms with Gasteiger partial charge in [0, 0.05) is 20.9 Å². The zero-order chi connectivity index (χ0) is 37.4. The third kappa shape index (κ3) is 4.85. The van der Waals surface area contributed by atoms with Crippen LogP contribution >= 0.6 is 11.8 Å². The minimum absolute atomic E-state index is 0.385. The fraction of sp³-hybridized carbons (Fsp3) is 0.0769. The maximum absolute atomic E-state index is 5.34. The number of nitrogens with one attached hydrogen (secondary N) is 1. The molecule has 4 heteroatoms. The van der Waals surface area contributed by atoms with Crippen LogP contribution < -0.4 is 5.32 Å². The first-order valence-corrected chi connectivity index (χ1v) is 20.1. The summed E-state index contributed by atoms with van der Waals surface area (Å²) in [6.45, 7) is 4.23. The van der Waals surface area contributed by atoms with Crippen molar-refractivity contribution >= 4 is 50.6 Å². The van der Waals surface area contributed by atoms with Crippen LogP contribution in [-0.4, -0.2) is 11.7 Å². The zero-order valence-electron chi connectivity index (χ0n) is 31.1. The Kier molecular flexibility index (Phi) is 7.52. The van der Waals surface area contributed by atoms with Crippen LogP contribution in [0.5, 0.6) is 0 Å². The van der Waals surface area contributed by atoms with Gasteiger partial charge in [-0.15, -0.1) is 0 Å². The van der Waals surface area contributed by atoms with Gasteiger partial charge in [0.05, 0.1) is 5.41 Å². The average Bonchev–Trinajstić information content (AvgIpc) is 3.56. The predicted molar refractivity (Wildman–Crippen MR) is 234 cm³/mol. The van der Waals surface area contributed by atoms with E-state index >= 15 is 0 Å². The Balaban J connectivity index is 1.15. The molecule has 1 N–H and O–H groups in total. The largest absolute Gasteiger partial charge is 0.324 e. The first-order chi connectivity index (χ1) is 27.6. The number of benzene rings is 8. The van der Waals surface area contributed by atoms with Crippen molar-refractivity contribution in [1.29, 1.82) is 0 Å². The van der Waals surface area contributed by atoms with Gasteiger partial charge in [-0.3, -0.25) is 0 Å². The van der Waals surface area contributed by atoms with Crippen LogP contribution in [0.25, 0.3) is 38.2 Å². The summed E-state index contributed by atoms with van der Waals surface area (Å²) in [4.78, 5) is 13.2. The van der Waals surface area contributed by atoms with Gasteiger partial charge in [-0.05, 0) is 91.5 Å². The molecule has 1 atom stereocenters. The smallest absolute Gasteiger partial charge is 0.169 e. The van der Waals surface area contributed by atoms with Crippen molar-refractivity contribution in [3.8, 4) is 11.1 Å². The van der Waals surface area contributed by atoms with E-state index in [1.54, 1.807) is 0 Å². The Morgan fingerprint density at radius 3 is 1.80 bits per heavy atom. The van der Waals surface area contributed by atoms with Crippen LogP contribution in [0.15, 0.2) is 196 Å². The fourth-order valence-electron chi connectivity index (χ4n) is 9.13. The van der Waals surface area contributed by atoms with Crippen molar-refractivity contribution in [1.82, 2.24) is 5.32 Å². The van der Waals surface area contributed by atoms with Crippen LogP contribution in [0.1, 0.15) is 64.5 Å². The molecule has 1 unspecified atom stereocenters. The number of amidine groups is 2. The third-order valence-corrected chi connectivity index (χ3v) is 13.3. The molecule has 266 valence electrons. The average molecular weight is 736 g/mol. The molecular formula is C52H37N3S. The van der Waals surface area contributed by atoms with Gasteiger partial charge in [0.1, 0.15) is 11.7 Å².